The van der Waals surface area contributed by atoms with Crippen molar-refractivity contribution in [3.05, 3.63) is 34.3 Å². The molecule has 7 heteroatoms. The molecular weight excluding hydrogens is 485 g/mol. The van der Waals surface area contributed by atoms with E-state index in [1.165, 1.54) is 5.56 Å². The first-order valence-electron chi connectivity index (χ1n) is 7.91. The molecule has 5 nitrogen and oxygen atoms in total. The normalized spacial score (nSPS) is 11.1. The molecule has 138 valence electrons. The van der Waals surface area contributed by atoms with Gasteiger partial charge in [-0.1, -0.05) is 34.1 Å². The first kappa shape index (κ1) is 23.6. The lowest BCUT2D eigenvalue weighted by molar-refractivity contribution is 0.0689. The number of hydrogen-bond donors (Lipinski definition) is 1. The molecule has 1 rings (SSSR count). The van der Waals surface area contributed by atoms with Gasteiger partial charge in [0.25, 0.3) is 0 Å². The maximum atomic E-state index is 5.45. The van der Waals surface area contributed by atoms with Crippen molar-refractivity contribution in [2.45, 2.75) is 19.4 Å². The van der Waals surface area contributed by atoms with E-state index >= 15 is 0 Å². The van der Waals surface area contributed by atoms with E-state index in [1.54, 1.807) is 7.11 Å². The van der Waals surface area contributed by atoms with Crippen molar-refractivity contribution in [1.29, 1.82) is 0 Å². The lowest BCUT2D eigenvalue weighted by Crippen LogP contribution is -2.39. The molecule has 0 radical (unpaired) electrons. The van der Waals surface area contributed by atoms with Crippen molar-refractivity contribution in [2.75, 3.05) is 47.6 Å². The Morgan fingerprint density at radius 3 is 2.62 bits per heavy atom. The largest absolute Gasteiger partial charge is 0.382 e. The van der Waals surface area contributed by atoms with Crippen molar-refractivity contribution in [3.63, 3.8) is 0 Å². The molecule has 24 heavy (non-hydrogen) atoms. The summed E-state index contributed by atoms with van der Waals surface area (Å²) in [4.78, 5) is 6.46. The second-order valence-electron chi connectivity index (χ2n) is 5.23. The fourth-order valence-corrected chi connectivity index (χ4v) is 2.53. The molecule has 0 bridgehead atoms. The van der Waals surface area contributed by atoms with Gasteiger partial charge in [-0.3, -0.25) is 4.99 Å². The van der Waals surface area contributed by atoms with E-state index < -0.39 is 0 Å². The smallest absolute Gasteiger partial charge is 0.193 e. The van der Waals surface area contributed by atoms with Gasteiger partial charge in [0.15, 0.2) is 5.96 Å². The highest BCUT2D eigenvalue weighted by Crippen LogP contribution is 2.17. The van der Waals surface area contributed by atoms with E-state index in [4.69, 9.17) is 9.47 Å². The van der Waals surface area contributed by atoms with Crippen LogP contribution in [0.5, 0.6) is 0 Å². The van der Waals surface area contributed by atoms with E-state index in [-0.39, 0.29) is 24.0 Å². The number of methoxy groups -OCH3 is 1. The molecule has 0 aliphatic heterocycles. The molecule has 0 saturated heterocycles. The van der Waals surface area contributed by atoms with E-state index in [2.05, 4.69) is 43.3 Å². The van der Waals surface area contributed by atoms with E-state index in [0.29, 0.717) is 13.2 Å². The molecule has 0 aliphatic carbocycles. The summed E-state index contributed by atoms with van der Waals surface area (Å²) in [5.41, 5.74) is 1.24. The summed E-state index contributed by atoms with van der Waals surface area (Å²) in [6, 6.07) is 8.25. The Labute approximate surface area is 171 Å². The molecule has 0 aromatic heterocycles. The summed E-state index contributed by atoms with van der Waals surface area (Å²) in [6.07, 6.45) is 2.08. The molecule has 0 unspecified atom stereocenters. The summed E-state index contributed by atoms with van der Waals surface area (Å²) in [6.45, 7) is 3.79. The van der Waals surface area contributed by atoms with Crippen LogP contribution in [0.2, 0.25) is 0 Å². The third kappa shape index (κ3) is 9.80. The van der Waals surface area contributed by atoms with Gasteiger partial charge >= 0.3 is 0 Å². The van der Waals surface area contributed by atoms with Crippen molar-refractivity contribution in [2.24, 2.45) is 4.99 Å². The van der Waals surface area contributed by atoms with Gasteiger partial charge in [0.05, 0.1) is 13.2 Å². The summed E-state index contributed by atoms with van der Waals surface area (Å²) in [7, 11) is 5.54. The number of unbranched alkanes of at least 4 members (excludes halogenated alkanes) is 1. The molecule has 1 aromatic carbocycles. The zero-order valence-corrected chi connectivity index (χ0v) is 18.7. The van der Waals surface area contributed by atoms with Crippen molar-refractivity contribution in [3.8, 4) is 0 Å². The van der Waals surface area contributed by atoms with Crippen LogP contribution in [0.15, 0.2) is 33.7 Å². The van der Waals surface area contributed by atoms with Gasteiger partial charge in [-0.15, -0.1) is 24.0 Å². The van der Waals surface area contributed by atoms with Gasteiger partial charge in [-0.05, 0) is 24.5 Å². The van der Waals surface area contributed by atoms with Crippen LogP contribution in [0.3, 0.4) is 0 Å². The average Bonchev–Trinajstić information content (AvgIpc) is 2.55. The highest BCUT2D eigenvalue weighted by atomic mass is 127. The molecule has 0 saturated carbocycles. The van der Waals surface area contributed by atoms with Crippen molar-refractivity contribution < 1.29 is 9.47 Å². The van der Waals surface area contributed by atoms with Crippen LogP contribution in [0.25, 0.3) is 0 Å². The number of ether oxygens (including phenoxy) is 2. The molecular formula is C17H29BrIN3O2. The van der Waals surface area contributed by atoms with Gasteiger partial charge in [-0.2, -0.15) is 0 Å². The van der Waals surface area contributed by atoms with Gasteiger partial charge in [0.2, 0.25) is 0 Å². The van der Waals surface area contributed by atoms with Gasteiger partial charge < -0.3 is 19.7 Å². The SMILES string of the molecule is CN=C(NCCCCOCCOC)N(C)Cc1ccccc1Br.I. The third-order valence-corrected chi connectivity index (χ3v) is 4.14. The minimum absolute atomic E-state index is 0. The average molecular weight is 514 g/mol. The molecule has 0 spiro atoms. The van der Waals surface area contributed by atoms with Crippen molar-refractivity contribution >= 4 is 45.9 Å². The maximum absolute atomic E-state index is 5.45. The number of guanidine groups is 1. The quantitative estimate of drug-likeness (QED) is 0.225. The van der Waals surface area contributed by atoms with Crippen molar-refractivity contribution in [1.82, 2.24) is 10.2 Å². The van der Waals surface area contributed by atoms with Crippen LogP contribution >= 0.6 is 39.9 Å². The molecule has 0 heterocycles. The highest BCUT2D eigenvalue weighted by Gasteiger charge is 2.07. The zero-order chi connectivity index (χ0) is 16.9. The minimum Gasteiger partial charge on any atom is -0.382 e. The topological polar surface area (TPSA) is 46.1 Å². The Balaban J connectivity index is 0.00000529. The predicted octanol–water partition coefficient (Wildman–Crippen LogP) is 3.52. The van der Waals surface area contributed by atoms with E-state index in [1.807, 2.05) is 26.2 Å². The number of rotatable bonds is 10. The van der Waals surface area contributed by atoms with Gasteiger partial charge in [-0.25, -0.2) is 0 Å². The van der Waals surface area contributed by atoms with Gasteiger partial charge in [0.1, 0.15) is 0 Å². The van der Waals surface area contributed by atoms with Crippen LogP contribution in [0, 0.1) is 0 Å². The van der Waals surface area contributed by atoms with Crippen LogP contribution in [0.4, 0.5) is 0 Å². The summed E-state index contributed by atoms with van der Waals surface area (Å²) < 4.78 is 11.5. The van der Waals surface area contributed by atoms with E-state index in [9.17, 15) is 0 Å². The van der Waals surface area contributed by atoms with Crippen LogP contribution in [-0.2, 0) is 16.0 Å². The fraction of sp³-hybridized carbons (Fsp3) is 0.588. The lowest BCUT2D eigenvalue weighted by Gasteiger charge is -2.22. The second-order valence-corrected chi connectivity index (χ2v) is 6.09. The Bertz CT molecular complexity index is 475. The van der Waals surface area contributed by atoms with Crippen LogP contribution < -0.4 is 5.32 Å². The number of halogens is 2. The molecule has 0 fully saturated rings. The summed E-state index contributed by atoms with van der Waals surface area (Å²) in [5.74, 6) is 0.904. The Kier molecular flexibility index (Phi) is 14.7. The first-order chi connectivity index (χ1) is 11.2. The fourth-order valence-electron chi connectivity index (χ4n) is 2.12. The Hall–Kier alpha value is -0.380. The first-order valence-corrected chi connectivity index (χ1v) is 8.70. The summed E-state index contributed by atoms with van der Waals surface area (Å²) >= 11 is 3.59. The number of hydrogen-bond acceptors (Lipinski definition) is 3. The standard InChI is InChI=1S/C17H28BrN3O2.HI/c1-19-17(20-10-6-7-11-23-13-12-22-3)21(2)14-15-8-4-5-9-16(15)18;/h4-5,8-9H,6-7,10-14H2,1-3H3,(H,19,20);1H. The molecule has 0 amide bonds. The monoisotopic (exact) mass is 513 g/mol. The highest BCUT2D eigenvalue weighted by molar-refractivity contribution is 14.0. The maximum Gasteiger partial charge on any atom is 0.193 e. The predicted molar refractivity (Wildman–Crippen MR) is 114 cm³/mol. The van der Waals surface area contributed by atoms with Gasteiger partial charge in [0, 0.05) is 45.4 Å². The number of aliphatic imine (C=N–C) groups is 1. The Morgan fingerprint density at radius 1 is 1.21 bits per heavy atom. The summed E-state index contributed by atoms with van der Waals surface area (Å²) in [5, 5.41) is 3.39. The number of nitrogens with one attached hydrogen (secondary N) is 1. The third-order valence-electron chi connectivity index (χ3n) is 3.37. The molecule has 0 aliphatic rings. The number of nitrogens with zero attached hydrogens (tertiary/aromatic N) is 2. The number of benzene rings is 1. The lowest BCUT2D eigenvalue weighted by atomic mass is 10.2. The Morgan fingerprint density at radius 2 is 1.96 bits per heavy atom. The molecule has 1 aromatic rings. The van der Waals surface area contributed by atoms with Crippen LogP contribution in [0.1, 0.15) is 18.4 Å². The minimum atomic E-state index is 0. The van der Waals surface area contributed by atoms with E-state index in [0.717, 1.165) is 43.0 Å². The molecule has 0 atom stereocenters. The zero-order valence-electron chi connectivity index (χ0n) is 14.8. The second kappa shape index (κ2) is 14.9. The molecule has 1 N–H and O–H groups in total. The van der Waals surface area contributed by atoms with Crippen LogP contribution in [-0.4, -0.2) is 58.4 Å².